The molecule has 0 aromatic heterocycles. The van der Waals surface area contributed by atoms with Crippen molar-refractivity contribution in [3.63, 3.8) is 0 Å². The summed E-state index contributed by atoms with van der Waals surface area (Å²) in [5.74, 6) is -0.924. The molecule has 0 saturated carbocycles. The SMILES string of the molecule is Cc1c(F)ccc(/C=C2\SC(N3CC[C@H](N(C)C)C3)=NC2=O)c1O. The number of amidine groups is 1. The van der Waals surface area contributed by atoms with Gasteiger partial charge in [-0.1, -0.05) is 0 Å². The van der Waals surface area contributed by atoms with Crippen molar-refractivity contribution in [3.05, 3.63) is 34.0 Å². The van der Waals surface area contributed by atoms with Crippen LogP contribution in [-0.4, -0.2) is 59.2 Å². The summed E-state index contributed by atoms with van der Waals surface area (Å²) in [5.41, 5.74) is 0.600. The Kier molecular flexibility index (Phi) is 4.64. The van der Waals surface area contributed by atoms with E-state index < -0.39 is 5.82 Å². The molecular weight excluding hydrogens is 329 g/mol. The lowest BCUT2D eigenvalue weighted by Crippen LogP contribution is -2.33. The first kappa shape index (κ1) is 17.0. The smallest absolute Gasteiger partial charge is 0.286 e. The molecular formula is C17H20FN3O2S. The van der Waals surface area contributed by atoms with Crippen LogP contribution in [0.4, 0.5) is 4.39 Å². The van der Waals surface area contributed by atoms with Crippen molar-refractivity contribution in [2.45, 2.75) is 19.4 Å². The van der Waals surface area contributed by atoms with Crippen molar-refractivity contribution in [3.8, 4) is 5.75 Å². The van der Waals surface area contributed by atoms with Gasteiger partial charge in [0.2, 0.25) is 0 Å². The summed E-state index contributed by atoms with van der Waals surface area (Å²) in [5, 5.41) is 10.7. The first-order valence-electron chi connectivity index (χ1n) is 7.79. The van der Waals surface area contributed by atoms with E-state index in [0.29, 0.717) is 21.7 Å². The molecule has 2 aliphatic heterocycles. The number of likely N-dealkylation sites (N-methyl/N-ethyl adjacent to an activating group) is 1. The zero-order valence-corrected chi connectivity index (χ0v) is 14.7. The summed E-state index contributed by atoms with van der Waals surface area (Å²) in [7, 11) is 4.10. The first-order chi connectivity index (χ1) is 11.4. The Morgan fingerprint density at radius 2 is 2.21 bits per heavy atom. The third-order valence-electron chi connectivity index (χ3n) is 4.46. The molecule has 1 N–H and O–H groups in total. The number of hydrogen-bond donors (Lipinski definition) is 1. The van der Waals surface area contributed by atoms with Crippen LogP contribution in [0.15, 0.2) is 22.0 Å². The molecule has 3 rings (SSSR count). The van der Waals surface area contributed by atoms with Crippen molar-refractivity contribution in [1.82, 2.24) is 9.80 Å². The van der Waals surface area contributed by atoms with Crippen LogP contribution in [0.2, 0.25) is 0 Å². The molecule has 1 aromatic carbocycles. The maximum atomic E-state index is 13.4. The third kappa shape index (κ3) is 3.18. The fourth-order valence-electron chi connectivity index (χ4n) is 2.82. The lowest BCUT2D eigenvalue weighted by atomic mass is 10.1. The van der Waals surface area contributed by atoms with Crippen molar-refractivity contribution in [2.75, 3.05) is 27.2 Å². The van der Waals surface area contributed by atoms with Crippen molar-refractivity contribution < 1.29 is 14.3 Å². The van der Waals surface area contributed by atoms with Crippen LogP contribution in [0.1, 0.15) is 17.5 Å². The Morgan fingerprint density at radius 1 is 1.46 bits per heavy atom. The van der Waals surface area contributed by atoms with Gasteiger partial charge in [-0.15, -0.1) is 0 Å². The summed E-state index contributed by atoms with van der Waals surface area (Å²) >= 11 is 1.31. The number of aromatic hydroxyl groups is 1. The second-order valence-electron chi connectivity index (χ2n) is 6.27. The van der Waals surface area contributed by atoms with Crippen molar-refractivity contribution in [2.24, 2.45) is 4.99 Å². The number of carbonyl (C=O) groups excluding carboxylic acids is 1. The van der Waals surface area contributed by atoms with Gasteiger partial charge < -0.3 is 14.9 Å². The largest absolute Gasteiger partial charge is 0.507 e. The molecule has 1 amide bonds. The van der Waals surface area contributed by atoms with Crippen LogP contribution in [0.5, 0.6) is 5.75 Å². The van der Waals surface area contributed by atoms with E-state index in [4.69, 9.17) is 0 Å². The standard InChI is InChI=1S/C17H20FN3O2S/c1-10-13(18)5-4-11(15(10)22)8-14-16(23)19-17(24-14)21-7-6-12(9-21)20(2)3/h4-5,8,12,22H,6-7,9H2,1-3H3/b14-8-/t12-/m0/s1. The van der Waals surface area contributed by atoms with E-state index >= 15 is 0 Å². The zero-order chi connectivity index (χ0) is 17.4. The van der Waals surface area contributed by atoms with Crippen LogP contribution in [-0.2, 0) is 4.79 Å². The summed E-state index contributed by atoms with van der Waals surface area (Å²) < 4.78 is 13.4. The number of phenolic OH excluding ortho intramolecular Hbond substituents is 1. The Bertz CT molecular complexity index is 746. The molecule has 0 aliphatic carbocycles. The highest BCUT2D eigenvalue weighted by Crippen LogP contribution is 2.34. The summed E-state index contributed by atoms with van der Waals surface area (Å²) in [6.07, 6.45) is 2.61. The normalized spacial score (nSPS) is 22.8. The minimum absolute atomic E-state index is 0.141. The maximum absolute atomic E-state index is 13.4. The number of likely N-dealkylation sites (tertiary alicyclic amines) is 1. The molecule has 1 aromatic rings. The van der Waals surface area contributed by atoms with Crippen LogP contribution in [0, 0.1) is 12.7 Å². The Morgan fingerprint density at radius 3 is 2.88 bits per heavy atom. The predicted octanol–water partition coefficient (Wildman–Crippen LogP) is 2.45. The molecule has 5 nitrogen and oxygen atoms in total. The van der Waals surface area contributed by atoms with E-state index in [9.17, 15) is 14.3 Å². The second-order valence-corrected chi connectivity index (χ2v) is 7.28. The van der Waals surface area contributed by atoms with Gasteiger partial charge in [-0.25, -0.2) is 4.39 Å². The zero-order valence-electron chi connectivity index (χ0n) is 13.9. The fraction of sp³-hybridized carbons (Fsp3) is 0.412. The number of halogens is 1. The Balaban J connectivity index is 1.77. The highest BCUT2D eigenvalue weighted by molar-refractivity contribution is 8.18. The highest BCUT2D eigenvalue weighted by atomic mass is 32.2. The number of nitrogens with zero attached hydrogens (tertiary/aromatic N) is 3. The van der Waals surface area contributed by atoms with Gasteiger partial charge in [-0.2, -0.15) is 4.99 Å². The van der Waals surface area contributed by atoms with Crippen LogP contribution >= 0.6 is 11.8 Å². The van der Waals surface area contributed by atoms with Gasteiger partial charge in [0.25, 0.3) is 5.91 Å². The van der Waals surface area contributed by atoms with Gasteiger partial charge in [0.1, 0.15) is 11.6 Å². The number of carbonyl (C=O) groups is 1. The molecule has 0 spiro atoms. The van der Waals surface area contributed by atoms with E-state index in [1.54, 1.807) is 6.08 Å². The van der Waals surface area contributed by atoms with Crippen molar-refractivity contribution in [1.29, 1.82) is 0 Å². The number of benzene rings is 1. The molecule has 1 saturated heterocycles. The summed E-state index contributed by atoms with van der Waals surface area (Å²) in [6.45, 7) is 3.22. The average Bonchev–Trinajstić information content (AvgIpc) is 3.15. The van der Waals surface area contributed by atoms with Gasteiger partial charge in [-0.3, -0.25) is 4.79 Å². The molecule has 0 radical (unpaired) electrons. The monoisotopic (exact) mass is 349 g/mol. The lowest BCUT2D eigenvalue weighted by molar-refractivity contribution is -0.113. The van der Waals surface area contributed by atoms with Gasteiger partial charge in [0.05, 0.1) is 4.91 Å². The van der Waals surface area contributed by atoms with Gasteiger partial charge in [-0.05, 0) is 57.4 Å². The Hall–Kier alpha value is -1.86. The lowest BCUT2D eigenvalue weighted by Gasteiger charge is -2.20. The molecule has 24 heavy (non-hydrogen) atoms. The summed E-state index contributed by atoms with van der Waals surface area (Å²) in [4.78, 5) is 21.0. The molecule has 0 unspecified atom stereocenters. The number of aliphatic imine (C=N–C) groups is 1. The molecule has 2 aliphatic rings. The van der Waals surface area contributed by atoms with Crippen LogP contribution < -0.4 is 0 Å². The number of amides is 1. The summed E-state index contributed by atoms with van der Waals surface area (Å²) in [6, 6.07) is 3.21. The van der Waals surface area contributed by atoms with Crippen molar-refractivity contribution >= 4 is 28.9 Å². The topological polar surface area (TPSA) is 56.1 Å². The number of thioether (sulfide) groups is 1. The first-order valence-corrected chi connectivity index (χ1v) is 8.60. The molecule has 1 fully saturated rings. The van der Waals surface area contributed by atoms with E-state index in [1.807, 2.05) is 14.1 Å². The maximum Gasteiger partial charge on any atom is 0.286 e. The van der Waals surface area contributed by atoms with E-state index in [-0.39, 0.29) is 17.2 Å². The quantitative estimate of drug-likeness (QED) is 0.831. The predicted molar refractivity (Wildman–Crippen MR) is 94.5 cm³/mol. The minimum Gasteiger partial charge on any atom is -0.507 e. The van der Waals surface area contributed by atoms with Crippen LogP contribution in [0.3, 0.4) is 0 Å². The molecule has 2 heterocycles. The number of phenols is 1. The van der Waals surface area contributed by atoms with Crippen LogP contribution in [0.25, 0.3) is 6.08 Å². The fourth-order valence-corrected chi connectivity index (χ4v) is 3.76. The highest BCUT2D eigenvalue weighted by Gasteiger charge is 2.32. The molecule has 128 valence electrons. The number of rotatable bonds is 2. The molecule has 0 bridgehead atoms. The van der Waals surface area contributed by atoms with Gasteiger partial charge >= 0.3 is 0 Å². The van der Waals surface area contributed by atoms with E-state index in [0.717, 1.165) is 19.5 Å². The minimum atomic E-state index is -0.469. The third-order valence-corrected chi connectivity index (χ3v) is 5.50. The van der Waals surface area contributed by atoms with Gasteiger partial charge in [0, 0.05) is 30.3 Å². The van der Waals surface area contributed by atoms with E-state index in [2.05, 4.69) is 14.8 Å². The van der Waals surface area contributed by atoms with E-state index in [1.165, 1.54) is 30.8 Å². The molecule has 7 heteroatoms. The molecule has 1 atom stereocenters. The second kappa shape index (κ2) is 6.57. The Labute approximate surface area is 144 Å². The average molecular weight is 349 g/mol. The number of hydrogen-bond acceptors (Lipinski definition) is 5. The van der Waals surface area contributed by atoms with Gasteiger partial charge in [0.15, 0.2) is 5.17 Å².